The minimum atomic E-state index is 0.119. The van der Waals surface area contributed by atoms with Crippen molar-refractivity contribution in [2.45, 2.75) is 60.8 Å². The number of rotatable bonds is 0. The van der Waals surface area contributed by atoms with Crippen LogP contribution in [0.2, 0.25) is 0 Å². The maximum atomic E-state index is 4.43. The molecule has 0 saturated heterocycles. The molecule has 0 fully saturated rings. The van der Waals surface area contributed by atoms with Crippen LogP contribution in [-0.4, -0.2) is 6.21 Å². The maximum Gasteiger partial charge on any atom is 0.0670 e. The molecule has 17 heavy (non-hydrogen) atoms. The van der Waals surface area contributed by atoms with Crippen molar-refractivity contribution < 1.29 is 0 Å². The van der Waals surface area contributed by atoms with Gasteiger partial charge < -0.3 is 0 Å². The Balaban J connectivity index is 0.000000581. The number of aryl methyl sites for hydroxylation is 2. The lowest BCUT2D eigenvalue weighted by Crippen LogP contribution is -2.14. The molecule has 0 N–H and O–H groups in total. The Bertz CT molecular complexity index is 387. The van der Waals surface area contributed by atoms with Crippen molar-refractivity contribution in [1.29, 1.82) is 0 Å². The summed E-state index contributed by atoms with van der Waals surface area (Å²) in [5.74, 6) is 0. The fourth-order valence-corrected chi connectivity index (χ4v) is 1.72. The molecule has 1 heteroatoms. The molecule has 0 atom stereocenters. The summed E-state index contributed by atoms with van der Waals surface area (Å²) in [6, 6.07) is 4.44. The van der Waals surface area contributed by atoms with E-state index in [2.05, 4.69) is 44.8 Å². The van der Waals surface area contributed by atoms with Gasteiger partial charge in [0.1, 0.15) is 0 Å². The third-order valence-electron chi connectivity index (χ3n) is 2.83. The zero-order valence-corrected chi connectivity index (χ0v) is 12.7. The van der Waals surface area contributed by atoms with Crippen LogP contribution >= 0.6 is 0 Å². The smallest absolute Gasteiger partial charge is 0.0670 e. The fourth-order valence-electron chi connectivity index (χ4n) is 1.72. The summed E-state index contributed by atoms with van der Waals surface area (Å²) >= 11 is 0. The Labute approximate surface area is 107 Å². The molecule has 0 aliphatic carbocycles. The molecule has 1 nitrogen and oxygen atoms in total. The van der Waals surface area contributed by atoms with Crippen molar-refractivity contribution in [2.75, 3.05) is 0 Å². The molecule has 1 aromatic rings. The molecule has 0 unspecified atom stereocenters. The van der Waals surface area contributed by atoms with E-state index in [-0.39, 0.29) is 5.41 Å². The first-order valence-electron chi connectivity index (χ1n) is 6.68. The average molecular weight is 233 g/mol. The van der Waals surface area contributed by atoms with Crippen molar-refractivity contribution in [2.24, 2.45) is 4.99 Å². The van der Waals surface area contributed by atoms with E-state index in [0.29, 0.717) is 0 Å². The van der Waals surface area contributed by atoms with Crippen LogP contribution in [0.4, 0.5) is 5.69 Å². The van der Waals surface area contributed by atoms with Crippen LogP contribution in [0.5, 0.6) is 0 Å². The van der Waals surface area contributed by atoms with Gasteiger partial charge in [0, 0.05) is 11.6 Å². The Hall–Kier alpha value is -1.11. The summed E-state index contributed by atoms with van der Waals surface area (Å²) < 4.78 is 0. The molecule has 0 spiro atoms. The van der Waals surface area contributed by atoms with Gasteiger partial charge >= 0.3 is 0 Å². The lowest BCUT2D eigenvalue weighted by Gasteiger charge is -2.16. The van der Waals surface area contributed by atoms with Gasteiger partial charge in [-0.1, -0.05) is 47.6 Å². The van der Waals surface area contributed by atoms with E-state index in [1.54, 1.807) is 0 Å². The first-order chi connectivity index (χ1) is 8.00. The maximum absolute atomic E-state index is 4.43. The van der Waals surface area contributed by atoms with E-state index >= 15 is 0 Å². The van der Waals surface area contributed by atoms with Crippen molar-refractivity contribution in [3.05, 3.63) is 28.8 Å². The lowest BCUT2D eigenvalue weighted by atomic mass is 9.85. The van der Waals surface area contributed by atoms with E-state index in [9.17, 15) is 0 Å². The SMILES string of the molecule is CC.CC.Cc1cc2c(cc1C)C(C)(C)C=N2. The molecule has 1 aliphatic heterocycles. The van der Waals surface area contributed by atoms with Crippen molar-refractivity contribution in [1.82, 2.24) is 0 Å². The predicted octanol–water partition coefficient (Wildman–Crippen LogP) is 5.35. The number of aliphatic imine (C=N–C) groups is 1. The second-order valence-corrected chi connectivity index (χ2v) is 4.43. The fraction of sp³-hybridized carbons (Fsp3) is 0.562. The lowest BCUT2D eigenvalue weighted by molar-refractivity contribution is 0.751. The Morgan fingerprint density at radius 2 is 1.35 bits per heavy atom. The van der Waals surface area contributed by atoms with Crippen molar-refractivity contribution in [3.8, 4) is 0 Å². The molecule has 0 radical (unpaired) electrons. The topological polar surface area (TPSA) is 12.4 Å². The van der Waals surface area contributed by atoms with Crippen molar-refractivity contribution in [3.63, 3.8) is 0 Å². The summed E-state index contributed by atoms with van der Waals surface area (Å²) in [6.07, 6.45) is 2.04. The normalized spacial score (nSPS) is 14.1. The highest BCUT2D eigenvalue weighted by Gasteiger charge is 2.26. The number of fused-ring (bicyclic) bond motifs is 1. The quantitative estimate of drug-likeness (QED) is 0.573. The van der Waals surface area contributed by atoms with Gasteiger partial charge in [0.25, 0.3) is 0 Å². The molecule has 0 aromatic heterocycles. The molecule has 0 amide bonds. The first-order valence-corrected chi connectivity index (χ1v) is 6.68. The van der Waals surface area contributed by atoms with Crippen LogP contribution in [0.1, 0.15) is 58.2 Å². The first kappa shape index (κ1) is 15.9. The number of hydrogen-bond donors (Lipinski definition) is 0. The Morgan fingerprint density at radius 1 is 0.882 bits per heavy atom. The minimum Gasteiger partial charge on any atom is -0.260 e. The molecule has 1 heterocycles. The molecule has 2 rings (SSSR count). The molecular weight excluding hydrogens is 206 g/mol. The second kappa shape index (κ2) is 6.58. The van der Waals surface area contributed by atoms with Crippen LogP contribution < -0.4 is 0 Å². The van der Waals surface area contributed by atoms with Crippen LogP contribution in [0.25, 0.3) is 0 Å². The molecule has 0 bridgehead atoms. The summed E-state index contributed by atoms with van der Waals surface area (Å²) in [4.78, 5) is 4.43. The third-order valence-corrected chi connectivity index (χ3v) is 2.83. The number of benzene rings is 1. The van der Waals surface area contributed by atoms with Gasteiger partial charge in [-0.3, -0.25) is 4.99 Å². The minimum absolute atomic E-state index is 0.119. The molecular formula is C16H27N. The molecule has 1 aliphatic rings. The van der Waals surface area contributed by atoms with Crippen LogP contribution in [-0.2, 0) is 5.41 Å². The van der Waals surface area contributed by atoms with Gasteiger partial charge in [-0.15, -0.1) is 0 Å². The van der Waals surface area contributed by atoms with E-state index in [0.717, 1.165) is 5.69 Å². The highest BCUT2D eigenvalue weighted by atomic mass is 14.8. The summed E-state index contributed by atoms with van der Waals surface area (Å²) in [5, 5.41) is 0. The van der Waals surface area contributed by atoms with Gasteiger partial charge in [-0.25, -0.2) is 0 Å². The largest absolute Gasteiger partial charge is 0.260 e. The molecule has 96 valence electrons. The van der Waals surface area contributed by atoms with Gasteiger partial charge in [0.2, 0.25) is 0 Å². The van der Waals surface area contributed by atoms with E-state index in [1.165, 1.54) is 16.7 Å². The van der Waals surface area contributed by atoms with Crippen LogP contribution in [0.15, 0.2) is 17.1 Å². The second-order valence-electron chi connectivity index (χ2n) is 4.43. The predicted molar refractivity (Wildman–Crippen MR) is 79.8 cm³/mol. The summed E-state index contributed by atoms with van der Waals surface area (Å²) in [6.45, 7) is 16.7. The van der Waals surface area contributed by atoms with Gasteiger partial charge in [0.05, 0.1) is 5.69 Å². The van der Waals surface area contributed by atoms with E-state index in [4.69, 9.17) is 0 Å². The zero-order chi connectivity index (χ0) is 13.6. The van der Waals surface area contributed by atoms with Crippen molar-refractivity contribution >= 4 is 11.9 Å². The average Bonchev–Trinajstić information content (AvgIpc) is 2.62. The van der Waals surface area contributed by atoms with Gasteiger partial charge in [-0.05, 0) is 36.6 Å². The highest BCUT2D eigenvalue weighted by molar-refractivity contribution is 5.84. The summed E-state index contributed by atoms with van der Waals surface area (Å²) in [5.41, 5.74) is 5.31. The standard InChI is InChI=1S/C12H15N.2C2H6/c1-8-5-10-11(6-9(8)2)13-7-12(10,3)4;2*1-2/h5-7H,1-4H3;2*1-2H3. The van der Waals surface area contributed by atoms with Gasteiger partial charge in [0.15, 0.2) is 0 Å². The molecule has 1 aromatic carbocycles. The number of hydrogen-bond acceptors (Lipinski definition) is 1. The van der Waals surface area contributed by atoms with Gasteiger partial charge in [-0.2, -0.15) is 0 Å². The van der Waals surface area contributed by atoms with E-state index < -0.39 is 0 Å². The number of nitrogens with zero attached hydrogens (tertiary/aromatic N) is 1. The monoisotopic (exact) mass is 233 g/mol. The van der Waals surface area contributed by atoms with Crippen LogP contribution in [0, 0.1) is 13.8 Å². The van der Waals surface area contributed by atoms with Crippen LogP contribution in [0.3, 0.4) is 0 Å². The Morgan fingerprint density at radius 3 is 1.88 bits per heavy atom. The van der Waals surface area contributed by atoms with E-state index in [1.807, 2.05) is 33.9 Å². The highest BCUT2D eigenvalue weighted by Crippen LogP contribution is 2.37. The molecule has 0 saturated carbocycles. The summed E-state index contributed by atoms with van der Waals surface area (Å²) in [7, 11) is 0. The Kier molecular flexibility index (Phi) is 6.15. The third kappa shape index (κ3) is 3.42. The zero-order valence-electron chi connectivity index (χ0n) is 12.7.